The van der Waals surface area contributed by atoms with Crippen molar-refractivity contribution < 1.29 is 32.2 Å². The normalized spacial score (nSPS) is 22.2. The first-order chi connectivity index (χ1) is 13.3. The van der Waals surface area contributed by atoms with Crippen molar-refractivity contribution in [2.45, 2.75) is 49.6 Å². The molecule has 8 nitrogen and oxygen atoms in total. The van der Waals surface area contributed by atoms with Gasteiger partial charge in [-0.1, -0.05) is 23.8 Å². The second kappa shape index (κ2) is 9.70. The van der Waals surface area contributed by atoms with Crippen LogP contribution in [0.15, 0.2) is 40.8 Å². The first-order valence-corrected chi connectivity index (χ1v) is 10.4. The van der Waals surface area contributed by atoms with E-state index in [1.165, 1.54) is 14.2 Å². The average molecular weight is 411 g/mol. The highest BCUT2D eigenvalue weighted by Crippen LogP contribution is 2.24. The molecular formula is C19H25NO7S. The topological polar surface area (TPSA) is 108 Å². The molecule has 0 aliphatic heterocycles. The Kier molecular flexibility index (Phi) is 7.59. The predicted molar refractivity (Wildman–Crippen MR) is 101 cm³/mol. The highest BCUT2D eigenvalue weighted by Gasteiger charge is 2.30. The molecule has 154 valence electrons. The molecule has 0 bridgehead atoms. The van der Waals surface area contributed by atoms with E-state index in [1.54, 1.807) is 30.3 Å². The van der Waals surface area contributed by atoms with Gasteiger partial charge >= 0.3 is 12.1 Å². The third kappa shape index (κ3) is 5.80. The van der Waals surface area contributed by atoms with Gasteiger partial charge in [-0.2, -0.15) is 0 Å². The molecule has 0 saturated carbocycles. The molecule has 0 unspecified atom stereocenters. The minimum absolute atomic E-state index is 0.188. The minimum atomic E-state index is -3.68. The van der Waals surface area contributed by atoms with E-state index in [1.807, 2.05) is 6.92 Å². The summed E-state index contributed by atoms with van der Waals surface area (Å²) in [4.78, 5) is 23.7. The van der Waals surface area contributed by atoms with Crippen LogP contribution in [0.4, 0.5) is 4.79 Å². The van der Waals surface area contributed by atoms with E-state index >= 15 is 0 Å². The lowest BCUT2D eigenvalue weighted by Gasteiger charge is -2.25. The number of benzene rings is 1. The predicted octanol–water partition coefficient (Wildman–Crippen LogP) is 2.47. The van der Waals surface area contributed by atoms with Gasteiger partial charge in [-0.3, -0.25) is 0 Å². The number of nitrogens with one attached hydrogen (secondary N) is 1. The Morgan fingerprint density at radius 3 is 2.32 bits per heavy atom. The Hall–Kier alpha value is -2.39. The van der Waals surface area contributed by atoms with Crippen LogP contribution in [0.5, 0.6) is 0 Å². The molecule has 2 atom stereocenters. The first-order valence-electron chi connectivity index (χ1n) is 8.88. The van der Waals surface area contributed by atoms with Gasteiger partial charge in [0.05, 0.1) is 24.7 Å². The van der Waals surface area contributed by atoms with Crippen molar-refractivity contribution in [1.29, 1.82) is 0 Å². The maximum absolute atomic E-state index is 12.6. The monoisotopic (exact) mass is 411 g/mol. The third-order valence-corrected chi connectivity index (χ3v) is 6.02. The number of ether oxygens (including phenoxy) is 3. The van der Waals surface area contributed by atoms with E-state index in [-0.39, 0.29) is 22.9 Å². The zero-order valence-electron chi connectivity index (χ0n) is 16.1. The molecule has 0 radical (unpaired) electrons. The van der Waals surface area contributed by atoms with Crippen LogP contribution >= 0.6 is 0 Å². The molecule has 2 rings (SSSR count). The molecule has 0 heterocycles. The zero-order valence-corrected chi connectivity index (χ0v) is 17.0. The summed E-state index contributed by atoms with van der Waals surface area (Å²) in [5, 5.41) is 0. The van der Waals surface area contributed by atoms with Crippen molar-refractivity contribution >= 4 is 22.1 Å². The summed E-state index contributed by atoms with van der Waals surface area (Å²) in [6.45, 7) is 1.88. The number of carbonyl (C=O) groups excluding carboxylic acids is 2. The summed E-state index contributed by atoms with van der Waals surface area (Å²) in [5.41, 5.74) is 1.20. The van der Waals surface area contributed by atoms with Crippen LogP contribution in [0.1, 0.15) is 31.2 Å². The van der Waals surface area contributed by atoms with Gasteiger partial charge < -0.3 is 14.2 Å². The quantitative estimate of drug-likeness (QED) is 0.742. The lowest BCUT2D eigenvalue weighted by atomic mass is 9.94. The molecule has 28 heavy (non-hydrogen) atoms. The smallest absolute Gasteiger partial charge is 0.466 e. The Labute approximate surface area is 164 Å². The third-order valence-electron chi connectivity index (χ3n) is 4.48. The van der Waals surface area contributed by atoms with Gasteiger partial charge in [-0.25, -0.2) is 22.7 Å². The van der Waals surface area contributed by atoms with Crippen LogP contribution in [0, 0.1) is 6.92 Å². The molecule has 0 amide bonds. The van der Waals surface area contributed by atoms with E-state index in [0.29, 0.717) is 19.3 Å². The second-order valence-corrected chi connectivity index (χ2v) is 8.21. The number of allylic oxidation sites excluding steroid dienone is 1. The summed E-state index contributed by atoms with van der Waals surface area (Å²) in [7, 11) is -1.26. The largest absolute Gasteiger partial charge is 0.508 e. The highest BCUT2D eigenvalue weighted by molar-refractivity contribution is 7.89. The number of aryl methyl sites for hydroxylation is 1. The summed E-state index contributed by atoms with van der Waals surface area (Å²) in [5.74, 6) is -0.590. The maximum Gasteiger partial charge on any atom is 0.508 e. The number of hydrogen-bond acceptors (Lipinski definition) is 7. The summed E-state index contributed by atoms with van der Waals surface area (Å²) in [6, 6.07) is 6.21. The van der Waals surface area contributed by atoms with Crippen LogP contribution in [0.25, 0.3) is 0 Å². The van der Waals surface area contributed by atoms with Crippen molar-refractivity contribution in [3.8, 4) is 0 Å². The molecule has 0 saturated heterocycles. The van der Waals surface area contributed by atoms with Gasteiger partial charge in [-0.15, -0.1) is 0 Å². The summed E-state index contributed by atoms with van der Waals surface area (Å²) >= 11 is 0. The van der Waals surface area contributed by atoms with E-state index in [9.17, 15) is 18.0 Å². The van der Waals surface area contributed by atoms with Gasteiger partial charge in [0, 0.05) is 6.04 Å². The number of hydrogen-bond donors (Lipinski definition) is 1. The van der Waals surface area contributed by atoms with Crippen LogP contribution in [-0.2, 0) is 29.0 Å². The van der Waals surface area contributed by atoms with Crippen molar-refractivity contribution in [1.82, 2.24) is 4.72 Å². The molecule has 1 aromatic carbocycles. The van der Waals surface area contributed by atoms with Gasteiger partial charge in [-0.05, 0) is 44.7 Å². The van der Waals surface area contributed by atoms with Gasteiger partial charge in [0.1, 0.15) is 6.10 Å². The summed E-state index contributed by atoms with van der Waals surface area (Å²) in [6.07, 6.45) is 1.37. The van der Waals surface area contributed by atoms with Gasteiger partial charge in [0.25, 0.3) is 0 Å². The number of sulfonamides is 1. The second-order valence-electron chi connectivity index (χ2n) is 6.50. The fourth-order valence-corrected chi connectivity index (χ4v) is 4.27. The molecular weight excluding hydrogens is 386 g/mol. The van der Waals surface area contributed by atoms with Gasteiger partial charge in [0.15, 0.2) is 0 Å². The van der Waals surface area contributed by atoms with Gasteiger partial charge in [0.2, 0.25) is 10.0 Å². The van der Waals surface area contributed by atoms with E-state index in [0.717, 1.165) is 5.56 Å². The Balaban J connectivity index is 2.15. The Bertz CT molecular complexity index is 830. The van der Waals surface area contributed by atoms with Crippen molar-refractivity contribution in [2.24, 2.45) is 0 Å². The van der Waals surface area contributed by atoms with Crippen LogP contribution in [-0.4, -0.2) is 46.9 Å². The fraction of sp³-hybridized carbons (Fsp3) is 0.474. The molecule has 0 fully saturated rings. The minimum Gasteiger partial charge on any atom is -0.466 e. The Morgan fingerprint density at radius 2 is 1.71 bits per heavy atom. The fourth-order valence-electron chi connectivity index (χ4n) is 2.97. The first kappa shape index (κ1) is 21.9. The summed E-state index contributed by atoms with van der Waals surface area (Å²) < 4.78 is 42.4. The number of rotatable bonds is 5. The number of carbonyl (C=O) groups is 2. The number of esters is 1. The molecule has 1 aliphatic carbocycles. The van der Waals surface area contributed by atoms with Crippen LogP contribution in [0.3, 0.4) is 0 Å². The molecule has 1 N–H and O–H groups in total. The standard InChI is InChI=1S/C19H25NO7S/c1-13-7-10-15(11-8-13)28(23,24)20-14-5-4-6-16(18(21)25-2)17(12-9-14)27-19(22)26-3/h6-8,10-11,14,17,20H,4-5,9,12H2,1-3H3/b16-6+/t14-,17-/m0/s1. The molecule has 1 aromatic rings. The molecule has 1 aliphatic rings. The number of methoxy groups -OCH3 is 2. The lowest BCUT2D eigenvalue weighted by molar-refractivity contribution is -0.137. The molecule has 0 aromatic heterocycles. The van der Waals surface area contributed by atoms with E-state index in [4.69, 9.17) is 9.47 Å². The Morgan fingerprint density at radius 1 is 1.04 bits per heavy atom. The van der Waals surface area contributed by atoms with E-state index < -0.39 is 28.3 Å². The van der Waals surface area contributed by atoms with Crippen molar-refractivity contribution in [3.63, 3.8) is 0 Å². The van der Waals surface area contributed by atoms with E-state index in [2.05, 4.69) is 9.46 Å². The van der Waals surface area contributed by atoms with Crippen LogP contribution < -0.4 is 4.72 Å². The van der Waals surface area contributed by atoms with Crippen molar-refractivity contribution in [2.75, 3.05) is 14.2 Å². The lowest BCUT2D eigenvalue weighted by Crippen LogP contribution is -2.37. The van der Waals surface area contributed by atoms with Crippen LogP contribution in [0.2, 0.25) is 0 Å². The molecule has 9 heteroatoms. The molecule has 0 spiro atoms. The highest BCUT2D eigenvalue weighted by atomic mass is 32.2. The zero-order chi connectivity index (χ0) is 20.7. The maximum atomic E-state index is 12.6. The van der Waals surface area contributed by atoms with Crippen molar-refractivity contribution in [3.05, 3.63) is 41.5 Å². The SMILES string of the molecule is COC(=O)O[C@H]1CC[C@@H](NS(=O)(=O)c2ccc(C)cc2)CC/C=C\1C(=O)OC. The average Bonchev–Trinajstić information content (AvgIpc) is 2.66.